The van der Waals surface area contributed by atoms with Crippen LogP contribution in [0.5, 0.6) is 0 Å². The quantitative estimate of drug-likeness (QED) is 0.602. The fourth-order valence-corrected chi connectivity index (χ4v) is 2.11. The smallest absolute Gasteiger partial charge is 0.236 e. The van der Waals surface area contributed by atoms with Crippen LogP contribution in [0.2, 0.25) is 0 Å². The molecule has 0 saturated carbocycles. The van der Waals surface area contributed by atoms with Gasteiger partial charge in [-0.2, -0.15) is 0 Å². The summed E-state index contributed by atoms with van der Waals surface area (Å²) in [6.07, 6.45) is 0. The van der Waals surface area contributed by atoms with Gasteiger partial charge in [-0.05, 0) is 26.0 Å². The number of para-hydroxylation sites is 2. The van der Waals surface area contributed by atoms with Crippen molar-refractivity contribution in [3.63, 3.8) is 0 Å². The van der Waals surface area contributed by atoms with E-state index in [2.05, 4.69) is 44.3 Å². The van der Waals surface area contributed by atoms with E-state index in [4.69, 9.17) is 0 Å². The molecule has 3 rings (SSSR count). The van der Waals surface area contributed by atoms with Crippen molar-refractivity contribution in [2.75, 3.05) is 0 Å². The summed E-state index contributed by atoms with van der Waals surface area (Å²) in [4.78, 5) is 0. The molecule has 1 aromatic carbocycles. The molecular formula is C11H12N4. The average Bonchev–Trinajstić information content (AvgIpc) is 2.77. The minimum Gasteiger partial charge on any atom is -0.309 e. The van der Waals surface area contributed by atoms with Gasteiger partial charge in [0.05, 0.1) is 11.0 Å². The number of rotatable bonds is 1. The van der Waals surface area contributed by atoms with Crippen LogP contribution in [-0.4, -0.2) is 19.2 Å². The Labute approximate surface area is 87.2 Å². The third-order valence-electron chi connectivity index (χ3n) is 2.78. The standard InChI is InChI=1S/C11H12N4/c1-3-14-9-6-4-5-7-10(9)15-8(2)12-13-11(14)15/h4-7H,3H2,1-2H3. The fourth-order valence-electron chi connectivity index (χ4n) is 2.11. The van der Waals surface area contributed by atoms with E-state index in [0.29, 0.717) is 0 Å². The Hall–Kier alpha value is -1.84. The molecular weight excluding hydrogens is 188 g/mol. The van der Waals surface area contributed by atoms with E-state index in [-0.39, 0.29) is 0 Å². The molecule has 0 fully saturated rings. The van der Waals surface area contributed by atoms with Gasteiger partial charge in [0.1, 0.15) is 5.82 Å². The number of aryl methyl sites for hydroxylation is 2. The van der Waals surface area contributed by atoms with Crippen LogP contribution >= 0.6 is 0 Å². The van der Waals surface area contributed by atoms with E-state index in [1.807, 2.05) is 13.0 Å². The van der Waals surface area contributed by atoms with Crippen molar-refractivity contribution in [2.24, 2.45) is 0 Å². The lowest BCUT2D eigenvalue weighted by Crippen LogP contribution is -1.94. The Balaban J connectivity index is 2.63. The summed E-state index contributed by atoms with van der Waals surface area (Å²) in [6.45, 7) is 5.01. The van der Waals surface area contributed by atoms with E-state index in [1.54, 1.807) is 0 Å². The molecule has 0 radical (unpaired) electrons. The minimum atomic E-state index is 0.912. The third kappa shape index (κ3) is 0.960. The SMILES string of the molecule is CCn1c2ccccc2n2c(C)nnc12. The normalized spacial score (nSPS) is 11.6. The van der Waals surface area contributed by atoms with E-state index >= 15 is 0 Å². The molecule has 0 amide bonds. The molecule has 0 unspecified atom stereocenters. The van der Waals surface area contributed by atoms with Crippen molar-refractivity contribution < 1.29 is 0 Å². The van der Waals surface area contributed by atoms with Gasteiger partial charge in [-0.3, -0.25) is 4.40 Å². The lowest BCUT2D eigenvalue weighted by Gasteiger charge is -1.97. The molecule has 4 nitrogen and oxygen atoms in total. The zero-order valence-electron chi connectivity index (χ0n) is 8.81. The van der Waals surface area contributed by atoms with Crippen molar-refractivity contribution in [2.45, 2.75) is 20.4 Å². The van der Waals surface area contributed by atoms with Gasteiger partial charge in [-0.15, -0.1) is 10.2 Å². The van der Waals surface area contributed by atoms with Crippen LogP contribution in [0.1, 0.15) is 12.7 Å². The van der Waals surface area contributed by atoms with Crippen LogP contribution in [0.25, 0.3) is 16.8 Å². The summed E-state index contributed by atoms with van der Waals surface area (Å²) in [5.41, 5.74) is 2.39. The number of hydrogen-bond donors (Lipinski definition) is 0. The van der Waals surface area contributed by atoms with Crippen LogP contribution in [-0.2, 0) is 6.54 Å². The molecule has 0 aliphatic rings. The third-order valence-corrected chi connectivity index (χ3v) is 2.78. The molecule has 2 heterocycles. The van der Waals surface area contributed by atoms with Crippen LogP contribution in [0, 0.1) is 6.92 Å². The first kappa shape index (κ1) is 8.47. The first-order valence-corrected chi connectivity index (χ1v) is 5.12. The maximum Gasteiger partial charge on any atom is 0.236 e. The number of fused-ring (bicyclic) bond motifs is 3. The lowest BCUT2D eigenvalue weighted by atomic mass is 10.3. The van der Waals surface area contributed by atoms with Gasteiger partial charge in [-0.1, -0.05) is 12.1 Å². The molecule has 0 aliphatic carbocycles. The van der Waals surface area contributed by atoms with Crippen LogP contribution in [0.15, 0.2) is 24.3 Å². The summed E-state index contributed by atoms with van der Waals surface area (Å²) in [6, 6.07) is 8.32. The monoisotopic (exact) mass is 200 g/mol. The maximum absolute atomic E-state index is 4.20. The Morgan fingerprint density at radius 3 is 2.60 bits per heavy atom. The summed E-state index contributed by atoms with van der Waals surface area (Å²) in [7, 11) is 0. The van der Waals surface area contributed by atoms with E-state index in [1.165, 1.54) is 11.0 Å². The molecule has 0 aliphatic heterocycles. The van der Waals surface area contributed by atoms with Gasteiger partial charge < -0.3 is 4.57 Å². The van der Waals surface area contributed by atoms with Crippen molar-refractivity contribution >= 4 is 16.8 Å². The highest BCUT2D eigenvalue weighted by atomic mass is 15.3. The molecule has 2 aromatic heterocycles. The van der Waals surface area contributed by atoms with Gasteiger partial charge in [0.2, 0.25) is 5.78 Å². The second kappa shape index (κ2) is 2.82. The Bertz CT molecular complexity index is 632. The van der Waals surface area contributed by atoms with Gasteiger partial charge in [0, 0.05) is 6.54 Å². The zero-order valence-corrected chi connectivity index (χ0v) is 8.81. The van der Waals surface area contributed by atoms with Crippen molar-refractivity contribution in [1.82, 2.24) is 19.2 Å². The first-order chi connectivity index (χ1) is 7.33. The predicted molar refractivity (Wildman–Crippen MR) is 58.9 cm³/mol. The summed E-state index contributed by atoms with van der Waals surface area (Å²) in [5.74, 6) is 1.87. The van der Waals surface area contributed by atoms with Gasteiger partial charge in [0.25, 0.3) is 0 Å². The number of nitrogens with zero attached hydrogens (tertiary/aromatic N) is 4. The second-order valence-corrected chi connectivity index (χ2v) is 3.62. The van der Waals surface area contributed by atoms with Crippen molar-refractivity contribution in [3.8, 4) is 0 Å². The molecule has 15 heavy (non-hydrogen) atoms. The highest BCUT2D eigenvalue weighted by Gasteiger charge is 2.12. The Morgan fingerprint density at radius 1 is 1.13 bits per heavy atom. The fraction of sp³-hybridized carbons (Fsp3) is 0.273. The predicted octanol–water partition coefficient (Wildman–Crippen LogP) is 2.01. The molecule has 0 bridgehead atoms. The minimum absolute atomic E-state index is 0.912. The Morgan fingerprint density at radius 2 is 1.87 bits per heavy atom. The summed E-state index contributed by atoms with van der Waals surface area (Å²) >= 11 is 0. The van der Waals surface area contributed by atoms with Crippen LogP contribution in [0.3, 0.4) is 0 Å². The van der Waals surface area contributed by atoms with E-state index in [0.717, 1.165) is 18.1 Å². The molecule has 0 N–H and O–H groups in total. The molecule has 4 heteroatoms. The molecule has 0 atom stereocenters. The van der Waals surface area contributed by atoms with Gasteiger partial charge in [-0.25, -0.2) is 0 Å². The topological polar surface area (TPSA) is 35.1 Å². The highest BCUT2D eigenvalue weighted by molar-refractivity contribution is 5.80. The van der Waals surface area contributed by atoms with Gasteiger partial charge >= 0.3 is 0 Å². The highest BCUT2D eigenvalue weighted by Crippen LogP contribution is 2.20. The molecule has 76 valence electrons. The van der Waals surface area contributed by atoms with Crippen molar-refractivity contribution in [3.05, 3.63) is 30.1 Å². The first-order valence-electron chi connectivity index (χ1n) is 5.12. The Kier molecular flexibility index (Phi) is 1.59. The summed E-state index contributed by atoms with van der Waals surface area (Å²) < 4.78 is 4.27. The number of imidazole rings is 1. The van der Waals surface area contributed by atoms with E-state index < -0.39 is 0 Å². The maximum atomic E-state index is 4.20. The van der Waals surface area contributed by atoms with Gasteiger partial charge in [0.15, 0.2) is 0 Å². The largest absolute Gasteiger partial charge is 0.309 e. The number of aromatic nitrogens is 4. The second-order valence-electron chi connectivity index (χ2n) is 3.62. The number of hydrogen-bond acceptors (Lipinski definition) is 2. The number of benzene rings is 1. The molecule has 0 spiro atoms. The molecule has 3 aromatic rings. The van der Waals surface area contributed by atoms with E-state index in [9.17, 15) is 0 Å². The average molecular weight is 200 g/mol. The lowest BCUT2D eigenvalue weighted by molar-refractivity contribution is 0.803. The van der Waals surface area contributed by atoms with Crippen LogP contribution < -0.4 is 0 Å². The molecule has 0 saturated heterocycles. The summed E-state index contributed by atoms with van der Waals surface area (Å²) in [5, 5.41) is 8.31. The van der Waals surface area contributed by atoms with Crippen molar-refractivity contribution in [1.29, 1.82) is 0 Å². The van der Waals surface area contributed by atoms with Crippen LogP contribution in [0.4, 0.5) is 0 Å². The zero-order chi connectivity index (χ0) is 10.4.